The zero-order valence-corrected chi connectivity index (χ0v) is 11.4. The molecule has 1 N–H and O–H groups in total. The van der Waals surface area contributed by atoms with Crippen LogP contribution in [0.25, 0.3) is 0 Å². The van der Waals surface area contributed by atoms with Gasteiger partial charge in [0.25, 0.3) is 0 Å². The van der Waals surface area contributed by atoms with Crippen molar-refractivity contribution in [2.45, 2.75) is 32.9 Å². The number of rotatable bonds is 4. The number of amidine groups is 1. The van der Waals surface area contributed by atoms with Gasteiger partial charge in [-0.3, -0.25) is 15.1 Å². The number of alkyl halides is 3. The molecule has 0 aliphatic carbocycles. The van der Waals surface area contributed by atoms with Crippen molar-refractivity contribution >= 4 is 11.7 Å². The summed E-state index contributed by atoms with van der Waals surface area (Å²) in [4.78, 5) is 12.3. The van der Waals surface area contributed by atoms with E-state index >= 15 is 0 Å². The number of carbonyl (C=O) groups excluding carboxylic acids is 1. The summed E-state index contributed by atoms with van der Waals surface area (Å²) in [6.07, 6.45) is -4.64. The molecule has 0 unspecified atom stereocenters. The van der Waals surface area contributed by atoms with Crippen molar-refractivity contribution in [3.05, 3.63) is 35.4 Å². The average Bonchev–Trinajstić information content (AvgIpc) is 2.37. The van der Waals surface area contributed by atoms with Crippen LogP contribution in [0.3, 0.4) is 0 Å². The van der Waals surface area contributed by atoms with Gasteiger partial charge in [0.2, 0.25) is 5.91 Å². The molecule has 0 fully saturated rings. The fourth-order valence-corrected chi connectivity index (χ4v) is 1.72. The highest BCUT2D eigenvalue weighted by atomic mass is 19.4. The second-order valence-corrected chi connectivity index (χ2v) is 4.43. The lowest BCUT2D eigenvalue weighted by atomic mass is 10.1. The third-order valence-corrected chi connectivity index (χ3v) is 2.90. The summed E-state index contributed by atoms with van der Waals surface area (Å²) < 4.78 is 36.7. The molecule has 110 valence electrons. The van der Waals surface area contributed by atoms with E-state index in [0.717, 1.165) is 23.8 Å². The van der Waals surface area contributed by atoms with E-state index in [0.29, 0.717) is 5.56 Å². The van der Waals surface area contributed by atoms with Crippen LogP contribution in [-0.2, 0) is 11.2 Å². The van der Waals surface area contributed by atoms with E-state index in [2.05, 4.69) is 0 Å². The third kappa shape index (κ3) is 4.68. The van der Waals surface area contributed by atoms with E-state index in [1.807, 2.05) is 6.92 Å². The van der Waals surface area contributed by atoms with Gasteiger partial charge >= 0.3 is 6.18 Å². The summed E-state index contributed by atoms with van der Waals surface area (Å²) in [5.74, 6) is -0.775. The molecule has 1 rings (SSSR count). The maximum atomic E-state index is 12.2. The maximum absolute atomic E-state index is 12.2. The fraction of sp³-hybridized carbons (Fsp3) is 0.429. The number of halogens is 3. The molecule has 0 saturated heterocycles. The monoisotopic (exact) mass is 286 g/mol. The number of nitrogens with one attached hydrogen (secondary N) is 1. The van der Waals surface area contributed by atoms with Crippen molar-refractivity contribution in [3.63, 3.8) is 0 Å². The predicted octanol–water partition coefficient (Wildman–Crippen LogP) is 3.38. The van der Waals surface area contributed by atoms with E-state index in [4.69, 9.17) is 5.41 Å². The molecule has 1 aromatic rings. The van der Waals surface area contributed by atoms with Crippen molar-refractivity contribution in [1.29, 1.82) is 5.41 Å². The topological polar surface area (TPSA) is 44.2 Å². The van der Waals surface area contributed by atoms with Crippen LogP contribution in [0.1, 0.15) is 31.4 Å². The van der Waals surface area contributed by atoms with Crippen LogP contribution in [-0.4, -0.2) is 29.4 Å². The Balaban J connectivity index is 2.85. The first-order valence-electron chi connectivity index (χ1n) is 6.27. The Morgan fingerprint density at radius 3 is 2.20 bits per heavy atom. The Morgan fingerprint density at radius 2 is 1.80 bits per heavy atom. The standard InChI is InChI=1S/C14H17F3N2O/c1-3-11-4-6-12(7-5-11)13(18)19(10(2)20)9-8-14(15,16)17/h4-7,18H,3,8-9H2,1-2H3. The van der Waals surface area contributed by atoms with Crippen LogP contribution >= 0.6 is 0 Å². The van der Waals surface area contributed by atoms with Gasteiger partial charge in [-0.1, -0.05) is 31.2 Å². The van der Waals surface area contributed by atoms with E-state index in [-0.39, 0.29) is 5.84 Å². The molecule has 0 aromatic heterocycles. The van der Waals surface area contributed by atoms with Gasteiger partial charge in [-0.25, -0.2) is 0 Å². The largest absolute Gasteiger partial charge is 0.390 e. The number of amides is 1. The molecule has 0 spiro atoms. The molecule has 6 heteroatoms. The molecular formula is C14H17F3N2O. The van der Waals surface area contributed by atoms with Crippen molar-refractivity contribution in [2.24, 2.45) is 0 Å². The van der Waals surface area contributed by atoms with Gasteiger partial charge in [0, 0.05) is 19.0 Å². The highest BCUT2D eigenvalue weighted by molar-refractivity contribution is 6.05. The molecule has 0 bridgehead atoms. The number of aryl methyl sites for hydroxylation is 1. The first kappa shape index (κ1) is 16.2. The summed E-state index contributed by atoms with van der Waals surface area (Å²) in [5.41, 5.74) is 1.49. The van der Waals surface area contributed by atoms with Crippen molar-refractivity contribution in [3.8, 4) is 0 Å². The minimum Gasteiger partial charge on any atom is -0.297 e. The Hall–Kier alpha value is -1.85. The summed E-state index contributed by atoms with van der Waals surface area (Å²) in [5, 5.41) is 7.89. The van der Waals surface area contributed by atoms with Crippen LogP contribution < -0.4 is 0 Å². The molecular weight excluding hydrogens is 269 g/mol. The average molecular weight is 286 g/mol. The zero-order valence-electron chi connectivity index (χ0n) is 11.4. The molecule has 0 radical (unpaired) electrons. The van der Waals surface area contributed by atoms with Gasteiger partial charge in [-0.05, 0) is 12.0 Å². The van der Waals surface area contributed by atoms with E-state index in [9.17, 15) is 18.0 Å². The van der Waals surface area contributed by atoms with Gasteiger partial charge in [0.15, 0.2) is 0 Å². The Morgan fingerprint density at radius 1 is 1.25 bits per heavy atom. The maximum Gasteiger partial charge on any atom is 0.390 e. The number of nitrogens with zero attached hydrogens (tertiary/aromatic N) is 1. The van der Waals surface area contributed by atoms with Crippen molar-refractivity contribution in [1.82, 2.24) is 4.90 Å². The van der Waals surface area contributed by atoms with Gasteiger partial charge < -0.3 is 0 Å². The van der Waals surface area contributed by atoms with Gasteiger partial charge in [-0.2, -0.15) is 13.2 Å². The fourth-order valence-electron chi connectivity index (χ4n) is 1.72. The van der Waals surface area contributed by atoms with E-state index in [1.54, 1.807) is 24.3 Å². The first-order chi connectivity index (χ1) is 9.24. The number of benzene rings is 1. The number of hydrogen-bond acceptors (Lipinski definition) is 2. The van der Waals surface area contributed by atoms with Gasteiger partial charge in [0.05, 0.1) is 6.42 Å². The summed E-state index contributed by atoms with van der Waals surface area (Å²) >= 11 is 0. The van der Waals surface area contributed by atoms with E-state index in [1.165, 1.54) is 0 Å². The van der Waals surface area contributed by atoms with Crippen LogP contribution in [0.4, 0.5) is 13.2 Å². The molecule has 3 nitrogen and oxygen atoms in total. The lowest BCUT2D eigenvalue weighted by molar-refractivity contribution is -0.140. The summed E-state index contributed by atoms with van der Waals surface area (Å²) in [6.45, 7) is 2.60. The third-order valence-electron chi connectivity index (χ3n) is 2.90. The molecule has 0 atom stereocenters. The normalized spacial score (nSPS) is 11.2. The van der Waals surface area contributed by atoms with Crippen molar-refractivity contribution in [2.75, 3.05) is 6.54 Å². The predicted molar refractivity (Wildman–Crippen MR) is 70.7 cm³/mol. The van der Waals surface area contributed by atoms with Crippen molar-refractivity contribution < 1.29 is 18.0 Å². The Bertz CT molecular complexity index is 480. The van der Waals surface area contributed by atoms with Gasteiger partial charge in [-0.15, -0.1) is 0 Å². The zero-order chi connectivity index (χ0) is 15.3. The molecule has 20 heavy (non-hydrogen) atoms. The molecule has 0 saturated carbocycles. The second-order valence-electron chi connectivity index (χ2n) is 4.43. The minimum absolute atomic E-state index is 0.204. The van der Waals surface area contributed by atoms with Crippen LogP contribution in [0.15, 0.2) is 24.3 Å². The quantitative estimate of drug-likeness (QED) is 0.669. The molecule has 1 aromatic carbocycles. The summed E-state index contributed by atoms with van der Waals surface area (Å²) in [6, 6.07) is 6.88. The minimum atomic E-state index is -4.35. The smallest absolute Gasteiger partial charge is 0.297 e. The lowest BCUT2D eigenvalue weighted by Crippen LogP contribution is -2.37. The summed E-state index contributed by atoms with van der Waals surface area (Å²) in [7, 11) is 0. The molecule has 1 amide bonds. The Labute approximate surface area is 115 Å². The van der Waals surface area contributed by atoms with E-state index < -0.39 is 25.0 Å². The second kappa shape index (κ2) is 6.54. The van der Waals surface area contributed by atoms with Crippen LogP contribution in [0.2, 0.25) is 0 Å². The lowest BCUT2D eigenvalue weighted by Gasteiger charge is -2.22. The highest BCUT2D eigenvalue weighted by Crippen LogP contribution is 2.20. The first-order valence-corrected chi connectivity index (χ1v) is 6.27. The number of carbonyl (C=O) groups is 1. The highest BCUT2D eigenvalue weighted by Gasteiger charge is 2.29. The van der Waals surface area contributed by atoms with Gasteiger partial charge in [0.1, 0.15) is 5.84 Å². The SMILES string of the molecule is CCc1ccc(C(=N)N(CCC(F)(F)F)C(C)=O)cc1. The van der Waals surface area contributed by atoms with Crippen LogP contribution in [0, 0.1) is 5.41 Å². The molecule has 0 aliphatic heterocycles. The van der Waals surface area contributed by atoms with Crippen LogP contribution in [0.5, 0.6) is 0 Å². The number of hydrogen-bond donors (Lipinski definition) is 1. The molecule has 0 heterocycles. The molecule has 0 aliphatic rings. The Kier molecular flexibility index (Phi) is 5.30.